The fourth-order valence-corrected chi connectivity index (χ4v) is 2.99. The Morgan fingerprint density at radius 2 is 1.70 bits per heavy atom. The largest absolute Gasteiger partial charge is 0.494 e. The van der Waals surface area contributed by atoms with Crippen molar-refractivity contribution < 1.29 is 9.13 Å². The van der Waals surface area contributed by atoms with Crippen LogP contribution in [0.3, 0.4) is 0 Å². The van der Waals surface area contributed by atoms with Gasteiger partial charge >= 0.3 is 0 Å². The minimum atomic E-state index is -0.341. The number of hydrogen-bond acceptors (Lipinski definition) is 7. The van der Waals surface area contributed by atoms with Crippen LogP contribution in [-0.2, 0) is 0 Å². The summed E-state index contributed by atoms with van der Waals surface area (Å²) in [4.78, 5) is 20.0. The summed E-state index contributed by atoms with van der Waals surface area (Å²) in [7, 11) is 5.33. The van der Waals surface area contributed by atoms with Gasteiger partial charge in [-0.3, -0.25) is 0 Å². The quantitative estimate of drug-likeness (QED) is 0.797. The van der Waals surface area contributed by atoms with Gasteiger partial charge in [0.2, 0.25) is 11.9 Å². The topological polar surface area (TPSA) is 57.6 Å². The summed E-state index contributed by atoms with van der Waals surface area (Å²) in [5, 5.41) is 0. The molecule has 1 saturated heterocycles. The Labute approximate surface area is 159 Å². The molecule has 0 saturated carbocycles. The molecule has 0 amide bonds. The Bertz CT molecular complexity index is 764. The average Bonchev–Trinajstić information content (AvgIpc) is 2.67. The number of rotatable bonds is 5. The maximum atomic E-state index is 14.0. The van der Waals surface area contributed by atoms with Crippen molar-refractivity contribution in [2.24, 2.45) is 0 Å². The Kier molecular flexibility index (Phi) is 5.62. The normalized spacial score (nSPS) is 14.6. The lowest BCUT2D eigenvalue weighted by molar-refractivity contribution is 0.386. The highest BCUT2D eigenvalue weighted by atomic mass is 19.1. The van der Waals surface area contributed by atoms with Crippen LogP contribution in [0.15, 0.2) is 18.2 Å². The molecule has 2 aromatic rings. The molecule has 27 heavy (non-hydrogen) atoms. The van der Waals surface area contributed by atoms with Crippen LogP contribution in [0.25, 0.3) is 0 Å². The predicted molar refractivity (Wildman–Crippen MR) is 106 cm³/mol. The Morgan fingerprint density at radius 1 is 1.04 bits per heavy atom. The van der Waals surface area contributed by atoms with Crippen molar-refractivity contribution in [1.29, 1.82) is 0 Å². The molecule has 2 heterocycles. The Balaban J connectivity index is 1.74. The van der Waals surface area contributed by atoms with Gasteiger partial charge in [-0.15, -0.1) is 0 Å². The number of halogens is 1. The molecule has 1 aromatic heterocycles. The van der Waals surface area contributed by atoms with E-state index in [1.165, 1.54) is 13.2 Å². The SMILES string of the molecule is COc1ccc(N2CCN(c3nc(C(C)C)nc(N(C)C)n3)CC2)cc1F. The highest BCUT2D eigenvalue weighted by Gasteiger charge is 2.22. The van der Waals surface area contributed by atoms with Crippen molar-refractivity contribution in [2.75, 3.05) is 62.1 Å². The summed E-state index contributed by atoms with van der Waals surface area (Å²) < 4.78 is 19.0. The number of benzene rings is 1. The summed E-state index contributed by atoms with van der Waals surface area (Å²) in [5.74, 6) is 2.32. The van der Waals surface area contributed by atoms with Crippen LogP contribution in [-0.4, -0.2) is 62.3 Å². The van der Waals surface area contributed by atoms with E-state index in [4.69, 9.17) is 4.74 Å². The van der Waals surface area contributed by atoms with E-state index >= 15 is 0 Å². The highest BCUT2D eigenvalue weighted by molar-refractivity contribution is 5.51. The Hall–Kier alpha value is -2.64. The smallest absolute Gasteiger partial charge is 0.230 e. The van der Waals surface area contributed by atoms with Gasteiger partial charge in [-0.25, -0.2) is 4.39 Å². The molecule has 8 heteroatoms. The third-order valence-electron chi connectivity index (χ3n) is 4.61. The highest BCUT2D eigenvalue weighted by Crippen LogP contribution is 2.25. The molecule has 0 bridgehead atoms. The molecule has 0 atom stereocenters. The fraction of sp³-hybridized carbons (Fsp3) is 0.526. The van der Waals surface area contributed by atoms with Crippen molar-refractivity contribution in [1.82, 2.24) is 15.0 Å². The van der Waals surface area contributed by atoms with Gasteiger partial charge in [0.15, 0.2) is 11.6 Å². The minimum Gasteiger partial charge on any atom is -0.494 e. The van der Waals surface area contributed by atoms with Gasteiger partial charge in [-0.2, -0.15) is 15.0 Å². The van der Waals surface area contributed by atoms with Gasteiger partial charge in [0.25, 0.3) is 0 Å². The summed E-state index contributed by atoms with van der Waals surface area (Å²) >= 11 is 0. The van der Waals surface area contributed by atoms with Crippen molar-refractivity contribution in [2.45, 2.75) is 19.8 Å². The number of nitrogens with zero attached hydrogens (tertiary/aromatic N) is 6. The molecule has 0 unspecified atom stereocenters. The number of anilines is 3. The van der Waals surface area contributed by atoms with E-state index < -0.39 is 0 Å². The third kappa shape index (κ3) is 4.20. The second-order valence-corrected chi connectivity index (χ2v) is 7.14. The lowest BCUT2D eigenvalue weighted by Crippen LogP contribution is -2.47. The first-order chi connectivity index (χ1) is 12.9. The molecule has 0 spiro atoms. The van der Waals surface area contributed by atoms with E-state index in [0.29, 0.717) is 11.9 Å². The molecule has 0 aliphatic carbocycles. The summed E-state index contributed by atoms with van der Waals surface area (Å²) in [5.41, 5.74) is 0.862. The zero-order valence-corrected chi connectivity index (χ0v) is 16.6. The van der Waals surface area contributed by atoms with Crippen molar-refractivity contribution in [3.63, 3.8) is 0 Å². The van der Waals surface area contributed by atoms with Gasteiger partial charge in [0, 0.05) is 57.9 Å². The van der Waals surface area contributed by atoms with Crippen LogP contribution in [0, 0.1) is 5.82 Å². The standard InChI is InChI=1S/C19H27FN6O/c1-13(2)17-21-18(24(3)4)23-19(22-17)26-10-8-25(9-11-26)14-6-7-16(27-5)15(20)12-14/h6-7,12-13H,8-11H2,1-5H3. The van der Waals surface area contributed by atoms with E-state index in [-0.39, 0.29) is 17.5 Å². The van der Waals surface area contributed by atoms with E-state index in [9.17, 15) is 4.39 Å². The molecule has 3 rings (SSSR count). The first-order valence-electron chi connectivity index (χ1n) is 9.15. The van der Waals surface area contributed by atoms with Crippen LogP contribution in [0.5, 0.6) is 5.75 Å². The minimum absolute atomic E-state index is 0.231. The van der Waals surface area contributed by atoms with E-state index in [0.717, 1.165) is 37.7 Å². The van der Waals surface area contributed by atoms with Gasteiger partial charge in [-0.05, 0) is 12.1 Å². The second-order valence-electron chi connectivity index (χ2n) is 7.14. The number of piperazine rings is 1. The van der Waals surface area contributed by atoms with E-state index in [1.54, 1.807) is 6.07 Å². The first kappa shape index (κ1) is 19.1. The monoisotopic (exact) mass is 374 g/mol. The first-order valence-corrected chi connectivity index (χ1v) is 9.15. The molecule has 0 N–H and O–H groups in total. The van der Waals surface area contributed by atoms with Crippen LogP contribution in [0.1, 0.15) is 25.6 Å². The fourth-order valence-electron chi connectivity index (χ4n) is 2.99. The number of methoxy groups -OCH3 is 1. The predicted octanol–water partition coefficient (Wildman–Crippen LogP) is 2.54. The lowest BCUT2D eigenvalue weighted by Gasteiger charge is -2.36. The molecule has 1 aliphatic heterocycles. The second kappa shape index (κ2) is 7.94. The van der Waals surface area contributed by atoms with Gasteiger partial charge < -0.3 is 19.4 Å². The van der Waals surface area contributed by atoms with Gasteiger partial charge in [0.05, 0.1) is 7.11 Å². The molecule has 7 nitrogen and oxygen atoms in total. The van der Waals surface area contributed by atoms with Crippen molar-refractivity contribution in [3.8, 4) is 5.75 Å². The maximum Gasteiger partial charge on any atom is 0.230 e. The van der Waals surface area contributed by atoms with Gasteiger partial charge in [-0.1, -0.05) is 13.8 Å². The third-order valence-corrected chi connectivity index (χ3v) is 4.61. The molecule has 1 aromatic carbocycles. The molecular weight excluding hydrogens is 347 g/mol. The molecule has 1 fully saturated rings. The van der Waals surface area contributed by atoms with Crippen LogP contribution >= 0.6 is 0 Å². The molecular formula is C19H27FN6O. The molecule has 1 aliphatic rings. The number of aromatic nitrogens is 3. The summed E-state index contributed by atoms with van der Waals surface area (Å²) in [6.45, 7) is 7.23. The summed E-state index contributed by atoms with van der Waals surface area (Å²) in [6.07, 6.45) is 0. The Morgan fingerprint density at radius 3 is 2.26 bits per heavy atom. The maximum absolute atomic E-state index is 14.0. The van der Waals surface area contributed by atoms with Crippen LogP contribution < -0.4 is 19.4 Å². The molecule has 0 radical (unpaired) electrons. The molecule has 146 valence electrons. The summed E-state index contributed by atoms with van der Waals surface area (Å²) in [6, 6.07) is 5.08. The van der Waals surface area contributed by atoms with Crippen molar-refractivity contribution >= 4 is 17.6 Å². The number of ether oxygens (including phenoxy) is 1. The van der Waals surface area contributed by atoms with E-state index in [2.05, 4.69) is 38.6 Å². The van der Waals surface area contributed by atoms with Gasteiger partial charge in [0.1, 0.15) is 5.82 Å². The van der Waals surface area contributed by atoms with Crippen LogP contribution in [0.4, 0.5) is 22.0 Å². The van der Waals surface area contributed by atoms with Crippen LogP contribution in [0.2, 0.25) is 0 Å². The zero-order valence-electron chi connectivity index (χ0n) is 16.6. The van der Waals surface area contributed by atoms with Crippen molar-refractivity contribution in [3.05, 3.63) is 29.8 Å². The van der Waals surface area contributed by atoms with E-state index in [1.807, 2.05) is 25.1 Å². The average molecular weight is 374 g/mol. The zero-order chi connectivity index (χ0) is 19.6. The lowest BCUT2D eigenvalue weighted by atomic mass is 10.2. The number of hydrogen-bond donors (Lipinski definition) is 0.